The van der Waals surface area contributed by atoms with Crippen molar-refractivity contribution in [2.75, 3.05) is 30.9 Å². The first-order chi connectivity index (χ1) is 7.72. The molecule has 0 aromatic heterocycles. The van der Waals surface area contributed by atoms with Gasteiger partial charge in [0.1, 0.15) is 0 Å². The molecule has 16 heavy (non-hydrogen) atoms. The highest BCUT2D eigenvalue weighted by atomic mass is 16.5. The second kappa shape index (κ2) is 4.74. The number of hydrogen-bond acceptors (Lipinski definition) is 3. The number of nitrogens with zero attached hydrogens (tertiary/aromatic N) is 1. The van der Waals surface area contributed by atoms with E-state index < -0.39 is 0 Å². The van der Waals surface area contributed by atoms with Gasteiger partial charge in [-0.1, -0.05) is 0 Å². The van der Waals surface area contributed by atoms with Gasteiger partial charge in [-0.25, -0.2) is 0 Å². The molecule has 1 aromatic rings. The highest BCUT2D eigenvalue weighted by Gasteiger charge is 2.29. The Labute approximate surface area is 97.2 Å². The fourth-order valence-electron chi connectivity index (χ4n) is 2.08. The van der Waals surface area contributed by atoms with E-state index in [1.807, 2.05) is 12.1 Å². The zero-order valence-corrected chi connectivity index (χ0v) is 10.1. The monoisotopic (exact) mass is 220 g/mol. The van der Waals surface area contributed by atoms with Crippen molar-refractivity contribution in [1.82, 2.24) is 0 Å². The number of rotatable bonds is 5. The molecule has 1 fully saturated rings. The number of nitrogens with two attached hydrogens (primary N) is 1. The van der Waals surface area contributed by atoms with Gasteiger partial charge in [-0.15, -0.1) is 0 Å². The van der Waals surface area contributed by atoms with Crippen molar-refractivity contribution in [3.05, 3.63) is 23.8 Å². The van der Waals surface area contributed by atoms with Crippen molar-refractivity contribution in [2.24, 2.45) is 0 Å². The summed E-state index contributed by atoms with van der Waals surface area (Å²) in [5.41, 5.74) is 9.17. The number of anilines is 2. The highest BCUT2D eigenvalue weighted by Crippen LogP contribution is 2.33. The first-order valence-electron chi connectivity index (χ1n) is 5.84. The van der Waals surface area contributed by atoms with Gasteiger partial charge in [0.25, 0.3) is 0 Å². The van der Waals surface area contributed by atoms with Crippen LogP contribution in [0.3, 0.4) is 0 Å². The van der Waals surface area contributed by atoms with E-state index in [1.54, 1.807) is 7.11 Å². The maximum atomic E-state index is 5.78. The van der Waals surface area contributed by atoms with Gasteiger partial charge in [-0.05, 0) is 43.5 Å². The molecule has 0 radical (unpaired) electrons. The lowest BCUT2D eigenvalue weighted by atomic mass is 10.1. The molecule has 2 rings (SSSR count). The van der Waals surface area contributed by atoms with E-state index >= 15 is 0 Å². The third-order valence-electron chi connectivity index (χ3n) is 3.05. The molecule has 2 N–H and O–H groups in total. The van der Waals surface area contributed by atoms with E-state index in [1.165, 1.54) is 24.1 Å². The standard InChI is InChI=1S/C13H20N2O/c1-10-9-11(14)3-6-13(10)15(7-8-16-2)12-4-5-12/h3,6,9,12H,4-5,7-8,14H2,1-2H3. The minimum Gasteiger partial charge on any atom is -0.399 e. The lowest BCUT2D eigenvalue weighted by molar-refractivity contribution is 0.205. The van der Waals surface area contributed by atoms with Crippen molar-refractivity contribution in [2.45, 2.75) is 25.8 Å². The van der Waals surface area contributed by atoms with E-state index in [0.29, 0.717) is 6.04 Å². The van der Waals surface area contributed by atoms with Gasteiger partial charge in [-0.3, -0.25) is 0 Å². The van der Waals surface area contributed by atoms with Crippen LogP contribution >= 0.6 is 0 Å². The number of hydrogen-bond donors (Lipinski definition) is 1. The smallest absolute Gasteiger partial charge is 0.0637 e. The Morgan fingerprint density at radius 2 is 2.19 bits per heavy atom. The SMILES string of the molecule is COCCN(c1ccc(N)cc1C)C1CC1. The molecule has 0 saturated heterocycles. The minimum absolute atomic E-state index is 0.706. The van der Waals surface area contributed by atoms with Crippen LogP contribution in [0.2, 0.25) is 0 Å². The molecule has 1 aliphatic carbocycles. The van der Waals surface area contributed by atoms with E-state index in [4.69, 9.17) is 10.5 Å². The quantitative estimate of drug-likeness (QED) is 0.773. The van der Waals surface area contributed by atoms with Gasteiger partial charge in [0.05, 0.1) is 6.61 Å². The summed E-state index contributed by atoms with van der Waals surface area (Å²) < 4.78 is 5.17. The third-order valence-corrected chi connectivity index (χ3v) is 3.05. The Kier molecular flexibility index (Phi) is 3.34. The fraction of sp³-hybridized carbons (Fsp3) is 0.538. The molecule has 3 nitrogen and oxygen atoms in total. The molecule has 88 valence electrons. The normalized spacial score (nSPS) is 15.1. The predicted molar refractivity (Wildman–Crippen MR) is 67.8 cm³/mol. The summed E-state index contributed by atoms with van der Waals surface area (Å²) in [6.07, 6.45) is 2.60. The molecule has 1 aromatic carbocycles. The summed E-state index contributed by atoms with van der Waals surface area (Å²) in [4.78, 5) is 2.44. The van der Waals surface area contributed by atoms with E-state index in [-0.39, 0.29) is 0 Å². The van der Waals surface area contributed by atoms with E-state index in [0.717, 1.165) is 18.8 Å². The van der Waals surface area contributed by atoms with Crippen LogP contribution in [0.4, 0.5) is 11.4 Å². The molecule has 0 unspecified atom stereocenters. The highest BCUT2D eigenvalue weighted by molar-refractivity contribution is 5.60. The third kappa shape index (κ3) is 2.47. The van der Waals surface area contributed by atoms with Crippen molar-refractivity contribution in [1.29, 1.82) is 0 Å². The van der Waals surface area contributed by atoms with Gasteiger partial charge in [0, 0.05) is 31.1 Å². The Balaban J connectivity index is 2.17. The first kappa shape index (κ1) is 11.3. The maximum Gasteiger partial charge on any atom is 0.0637 e. The van der Waals surface area contributed by atoms with Crippen LogP contribution in [0.1, 0.15) is 18.4 Å². The number of ether oxygens (including phenoxy) is 1. The van der Waals surface area contributed by atoms with Crippen molar-refractivity contribution < 1.29 is 4.74 Å². The van der Waals surface area contributed by atoms with Crippen LogP contribution in [0.25, 0.3) is 0 Å². The van der Waals surface area contributed by atoms with Gasteiger partial charge < -0.3 is 15.4 Å². The Morgan fingerprint density at radius 1 is 1.44 bits per heavy atom. The summed E-state index contributed by atoms with van der Waals surface area (Å²) in [7, 11) is 1.75. The maximum absolute atomic E-state index is 5.78. The van der Waals surface area contributed by atoms with Gasteiger partial charge in [0.2, 0.25) is 0 Å². The van der Waals surface area contributed by atoms with E-state index in [2.05, 4.69) is 17.9 Å². The van der Waals surface area contributed by atoms with Gasteiger partial charge in [0.15, 0.2) is 0 Å². The largest absolute Gasteiger partial charge is 0.399 e. The molecular formula is C13H20N2O. The van der Waals surface area contributed by atoms with Crippen LogP contribution < -0.4 is 10.6 Å². The Bertz CT molecular complexity index is 361. The van der Waals surface area contributed by atoms with Crippen LogP contribution in [0.15, 0.2) is 18.2 Å². The van der Waals surface area contributed by atoms with Gasteiger partial charge >= 0.3 is 0 Å². The molecule has 0 heterocycles. The molecule has 0 bridgehead atoms. The van der Waals surface area contributed by atoms with E-state index in [9.17, 15) is 0 Å². The number of aryl methyl sites for hydroxylation is 1. The molecule has 0 amide bonds. The molecule has 3 heteroatoms. The zero-order valence-electron chi connectivity index (χ0n) is 10.1. The summed E-state index contributed by atoms with van der Waals surface area (Å²) in [6, 6.07) is 6.85. The number of methoxy groups -OCH3 is 1. The fourth-order valence-corrected chi connectivity index (χ4v) is 2.08. The predicted octanol–water partition coefficient (Wildman–Crippen LogP) is 2.19. The lowest BCUT2D eigenvalue weighted by Gasteiger charge is -2.26. The summed E-state index contributed by atoms with van der Waals surface area (Å²) in [5, 5.41) is 0. The van der Waals surface area contributed by atoms with Crippen molar-refractivity contribution in [3.63, 3.8) is 0 Å². The first-order valence-corrected chi connectivity index (χ1v) is 5.84. The second-order valence-electron chi connectivity index (χ2n) is 4.46. The number of benzene rings is 1. The molecular weight excluding hydrogens is 200 g/mol. The Hall–Kier alpha value is -1.22. The molecule has 1 saturated carbocycles. The van der Waals surface area contributed by atoms with Crippen LogP contribution in [-0.4, -0.2) is 26.3 Å². The zero-order chi connectivity index (χ0) is 11.5. The molecule has 0 spiro atoms. The topological polar surface area (TPSA) is 38.5 Å². The average molecular weight is 220 g/mol. The molecule has 0 atom stereocenters. The van der Waals surface area contributed by atoms with Gasteiger partial charge in [-0.2, -0.15) is 0 Å². The Morgan fingerprint density at radius 3 is 2.75 bits per heavy atom. The summed E-state index contributed by atoms with van der Waals surface area (Å²) in [5.74, 6) is 0. The number of nitrogen functional groups attached to an aromatic ring is 1. The summed E-state index contributed by atoms with van der Waals surface area (Å²) >= 11 is 0. The lowest BCUT2D eigenvalue weighted by Crippen LogP contribution is -2.30. The van der Waals surface area contributed by atoms with Crippen molar-refractivity contribution >= 4 is 11.4 Å². The second-order valence-corrected chi connectivity index (χ2v) is 4.46. The van der Waals surface area contributed by atoms with Crippen LogP contribution in [-0.2, 0) is 4.74 Å². The molecule has 0 aliphatic heterocycles. The average Bonchev–Trinajstić information content (AvgIpc) is 3.05. The van der Waals surface area contributed by atoms with Crippen LogP contribution in [0.5, 0.6) is 0 Å². The van der Waals surface area contributed by atoms with Crippen molar-refractivity contribution in [3.8, 4) is 0 Å². The minimum atomic E-state index is 0.706. The van der Waals surface area contributed by atoms with Crippen LogP contribution in [0, 0.1) is 6.92 Å². The summed E-state index contributed by atoms with van der Waals surface area (Å²) in [6.45, 7) is 3.86. The molecule has 1 aliphatic rings.